The topological polar surface area (TPSA) is 78.9 Å². The van der Waals surface area contributed by atoms with Crippen molar-refractivity contribution in [3.63, 3.8) is 0 Å². The quantitative estimate of drug-likeness (QED) is 0.0263. The lowest BCUT2D eigenvalue weighted by Gasteiger charge is -2.18. The Morgan fingerprint density at radius 1 is 0.344 bits per heavy atom. The van der Waals surface area contributed by atoms with Gasteiger partial charge in [-0.25, -0.2) is 0 Å². The van der Waals surface area contributed by atoms with Crippen molar-refractivity contribution in [1.82, 2.24) is 0 Å². The lowest BCUT2D eigenvalue weighted by atomic mass is 10.0. The molecule has 0 aromatic carbocycles. The van der Waals surface area contributed by atoms with Crippen LogP contribution in [0.5, 0.6) is 0 Å². The van der Waals surface area contributed by atoms with Crippen LogP contribution in [0.25, 0.3) is 0 Å². The predicted molar refractivity (Wildman–Crippen MR) is 261 cm³/mol. The zero-order valence-electron chi connectivity index (χ0n) is 40.2. The third-order valence-electron chi connectivity index (χ3n) is 11.0. The molecule has 0 aliphatic rings. The van der Waals surface area contributed by atoms with Gasteiger partial charge in [-0.1, -0.05) is 236 Å². The summed E-state index contributed by atoms with van der Waals surface area (Å²) < 4.78 is 16.7. The standard InChI is InChI=1S/C55H96O6/c1-4-7-10-13-16-19-22-25-26-27-28-31-33-36-39-42-45-48-54(57)60-51-52(61-55(58)49-46-43-40-37-34-30-24-21-18-15-12-9-6-3)50-59-53(56)47-44-41-38-35-32-29-23-20-17-14-11-8-5-2/h7,10,16,19,25-26,28,31,36,39,52H,4-6,8-9,11-15,17-18,20-24,27,29-30,32-35,37-38,40-51H2,1-3H3/b10-7+,19-16+,26-25+,31-28+,39-36+/t52-/m1/s1. The number of hydrogen-bond acceptors (Lipinski definition) is 6. The van der Waals surface area contributed by atoms with E-state index in [-0.39, 0.29) is 37.5 Å². The molecule has 0 N–H and O–H groups in total. The number of rotatable bonds is 46. The number of carbonyl (C=O) groups excluding carboxylic acids is 3. The first-order chi connectivity index (χ1) is 30.0. The molecule has 0 unspecified atom stereocenters. The Morgan fingerprint density at radius 2 is 0.639 bits per heavy atom. The minimum atomic E-state index is -0.792. The molecule has 0 saturated heterocycles. The summed E-state index contributed by atoms with van der Waals surface area (Å²) in [4.78, 5) is 37.9. The van der Waals surface area contributed by atoms with Crippen LogP contribution >= 0.6 is 0 Å². The van der Waals surface area contributed by atoms with E-state index in [9.17, 15) is 14.4 Å². The predicted octanol–water partition coefficient (Wildman–Crippen LogP) is 16.9. The molecule has 0 rings (SSSR count). The molecule has 0 amide bonds. The summed E-state index contributed by atoms with van der Waals surface area (Å²) in [5.41, 5.74) is 0. The van der Waals surface area contributed by atoms with Crippen LogP contribution < -0.4 is 0 Å². The molecule has 0 heterocycles. The fourth-order valence-corrected chi connectivity index (χ4v) is 7.18. The van der Waals surface area contributed by atoms with Gasteiger partial charge in [-0.15, -0.1) is 0 Å². The van der Waals surface area contributed by atoms with Crippen molar-refractivity contribution in [3.05, 3.63) is 60.8 Å². The SMILES string of the molecule is CC/C=C/C/C=C/C/C=C/C/C=C/C/C=C/CCCC(=O)OC[C@@H](COC(=O)CCCCCCCCCCCCCCC)OC(=O)CCCCCCCCCCCCCCC. The fraction of sp³-hybridized carbons (Fsp3) is 0.764. The van der Waals surface area contributed by atoms with Crippen molar-refractivity contribution in [2.24, 2.45) is 0 Å². The molecule has 352 valence electrons. The largest absolute Gasteiger partial charge is 0.462 e. The summed E-state index contributed by atoms with van der Waals surface area (Å²) in [5, 5.41) is 0. The second-order valence-corrected chi connectivity index (χ2v) is 17.1. The van der Waals surface area contributed by atoms with Gasteiger partial charge in [-0.05, 0) is 57.8 Å². The molecule has 6 nitrogen and oxygen atoms in total. The molecule has 0 aliphatic carbocycles. The molecule has 0 bridgehead atoms. The first kappa shape index (κ1) is 58.1. The van der Waals surface area contributed by atoms with E-state index in [1.807, 2.05) is 0 Å². The third-order valence-corrected chi connectivity index (χ3v) is 11.0. The van der Waals surface area contributed by atoms with Gasteiger partial charge in [0.1, 0.15) is 13.2 Å². The van der Waals surface area contributed by atoms with E-state index in [1.165, 1.54) is 128 Å². The molecule has 0 fully saturated rings. The average Bonchev–Trinajstić information content (AvgIpc) is 3.26. The van der Waals surface area contributed by atoms with Gasteiger partial charge in [0, 0.05) is 19.3 Å². The van der Waals surface area contributed by atoms with E-state index in [0.29, 0.717) is 19.3 Å². The monoisotopic (exact) mass is 853 g/mol. The Balaban J connectivity index is 4.44. The van der Waals surface area contributed by atoms with Gasteiger partial charge in [-0.2, -0.15) is 0 Å². The van der Waals surface area contributed by atoms with Crippen LogP contribution in [0.4, 0.5) is 0 Å². The van der Waals surface area contributed by atoms with Crippen LogP contribution in [-0.4, -0.2) is 37.2 Å². The Morgan fingerprint density at radius 3 is 1.00 bits per heavy atom. The first-order valence-corrected chi connectivity index (χ1v) is 25.8. The number of ether oxygens (including phenoxy) is 3. The van der Waals surface area contributed by atoms with E-state index >= 15 is 0 Å². The molecule has 0 aromatic rings. The van der Waals surface area contributed by atoms with Crippen LogP contribution in [0.2, 0.25) is 0 Å². The molecule has 0 radical (unpaired) electrons. The maximum Gasteiger partial charge on any atom is 0.306 e. The lowest BCUT2D eigenvalue weighted by Crippen LogP contribution is -2.30. The van der Waals surface area contributed by atoms with E-state index in [4.69, 9.17) is 14.2 Å². The highest BCUT2D eigenvalue weighted by atomic mass is 16.6. The maximum atomic E-state index is 12.8. The van der Waals surface area contributed by atoms with E-state index < -0.39 is 6.10 Å². The second-order valence-electron chi connectivity index (χ2n) is 17.1. The molecular weight excluding hydrogens is 757 g/mol. The number of unbranched alkanes of at least 4 members (excludes halogenated alkanes) is 25. The van der Waals surface area contributed by atoms with Crippen molar-refractivity contribution in [2.45, 2.75) is 258 Å². The molecule has 0 saturated carbocycles. The van der Waals surface area contributed by atoms with Crippen molar-refractivity contribution in [2.75, 3.05) is 13.2 Å². The minimum absolute atomic E-state index is 0.0884. The molecule has 6 heteroatoms. The number of carbonyl (C=O) groups is 3. The summed E-state index contributed by atoms with van der Waals surface area (Å²) in [7, 11) is 0. The highest BCUT2D eigenvalue weighted by Crippen LogP contribution is 2.15. The highest BCUT2D eigenvalue weighted by Gasteiger charge is 2.19. The van der Waals surface area contributed by atoms with Gasteiger partial charge in [0.25, 0.3) is 0 Å². The Bertz CT molecular complexity index is 1120. The van der Waals surface area contributed by atoms with E-state index in [2.05, 4.69) is 81.5 Å². The number of esters is 3. The van der Waals surface area contributed by atoms with Crippen molar-refractivity contribution in [3.8, 4) is 0 Å². The van der Waals surface area contributed by atoms with Gasteiger partial charge in [0.15, 0.2) is 6.10 Å². The summed E-state index contributed by atoms with van der Waals surface area (Å²) >= 11 is 0. The van der Waals surface area contributed by atoms with Gasteiger partial charge >= 0.3 is 17.9 Å². The fourth-order valence-electron chi connectivity index (χ4n) is 7.18. The highest BCUT2D eigenvalue weighted by molar-refractivity contribution is 5.71. The van der Waals surface area contributed by atoms with Crippen LogP contribution in [0.3, 0.4) is 0 Å². The smallest absolute Gasteiger partial charge is 0.306 e. The third kappa shape index (κ3) is 48.0. The molecule has 61 heavy (non-hydrogen) atoms. The van der Waals surface area contributed by atoms with Gasteiger partial charge in [0.2, 0.25) is 0 Å². The Labute approximate surface area is 377 Å². The maximum absolute atomic E-state index is 12.8. The van der Waals surface area contributed by atoms with Crippen molar-refractivity contribution in [1.29, 1.82) is 0 Å². The van der Waals surface area contributed by atoms with Crippen LogP contribution in [0.15, 0.2) is 60.8 Å². The Hall–Kier alpha value is -2.89. The van der Waals surface area contributed by atoms with Crippen molar-refractivity contribution >= 4 is 17.9 Å². The van der Waals surface area contributed by atoms with Gasteiger partial charge in [0.05, 0.1) is 0 Å². The van der Waals surface area contributed by atoms with Gasteiger partial charge in [-0.3, -0.25) is 14.4 Å². The van der Waals surface area contributed by atoms with E-state index in [1.54, 1.807) is 0 Å². The zero-order chi connectivity index (χ0) is 44.4. The molecule has 0 spiro atoms. The first-order valence-electron chi connectivity index (χ1n) is 25.8. The summed E-state index contributed by atoms with van der Waals surface area (Å²) in [6, 6.07) is 0. The van der Waals surface area contributed by atoms with Crippen molar-refractivity contribution < 1.29 is 28.6 Å². The minimum Gasteiger partial charge on any atom is -0.462 e. The molecular formula is C55H96O6. The Kier molecular flexibility index (Phi) is 47.4. The van der Waals surface area contributed by atoms with Crippen LogP contribution in [0.1, 0.15) is 252 Å². The zero-order valence-corrected chi connectivity index (χ0v) is 40.2. The number of hydrogen-bond donors (Lipinski definition) is 0. The van der Waals surface area contributed by atoms with Gasteiger partial charge < -0.3 is 14.2 Å². The van der Waals surface area contributed by atoms with Crippen LogP contribution in [0, 0.1) is 0 Å². The average molecular weight is 853 g/mol. The van der Waals surface area contributed by atoms with Crippen LogP contribution in [-0.2, 0) is 28.6 Å². The molecule has 0 aromatic heterocycles. The second kappa shape index (κ2) is 49.8. The summed E-state index contributed by atoms with van der Waals surface area (Å²) in [5.74, 6) is -0.942. The summed E-state index contributed by atoms with van der Waals surface area (Å²) in [6.45, 7) is 6.48. The number of allylic oxidation sites excluding steroid dienone is 10. The normalized spacial score (nSPS) is 12.5. The summed E-state index contributed by atoms with van der Waals surface area (Å²) in [6.07, 6.45) is 60.6. The molecule has 0 aliphatic heterocycles. The van der Waals surface area contributed by atoms with E-state index in [0.717, 1.165) is 77.0 Å². The lowest BCUT2D eigenvalue weighted by molar-refractivity contribution is -0.167. The molecule has 1 atom stereocenters.